The van der Waals surface area contributed by atoms with Gasteiger partial charge in [0.1, 0.15) is 0 Å². The maximum absolute atomic E-state index is 12.3. The molecule has 5 heteroatoms. The van der Waals surface area contributed by atoms with Crippen molar-refractivity contribution in [2.24, 2.45) is 0 Å². The Hall–Kier alpha value is -2.27. The number of hydrogen-bond acceptors (Lipinski definition) is 2. The molecule has 1 aromatic carbocycles. The largest absolute Gasteiger partial charge is 0.360 e. The fourth-order valence-corrected chi connectivity index (χ4v) is 2.86. The average molecular weight is 299 g/mol. The van der Waals surface area contributed by atoms with Gasteiger partial charge < -0.3 is 15.3 Å². The van der Waals surface area contributed by atoms with E-state index < -0.39 is 0 Å². The van der Waals surface area contributed by atoms with Crippen LogP contribution in [-0.4, -0.2) is 30.0 Å². The molecule has 0 spiro atoms. The van der Waals surface area contributed by atoms with E-state index in [1.807, 2.05) is 24.3 Å². The van der Waals surface area contributed by atoms with Gasteiger partial charge in [-0.1, -0.05) is 18.2 Å². The highest BCUT2D eigenvalue weighted by molar-refractivity contribution is 6.06. The second kappa shape index (κ2) is 6.23. The first-order valence-electron chi connectivity index (χ1n) is 7.81. The molecule has 4 N–H and O–H groups in total. The van der Waals surface area contributed by atoms with E-state index in [0.717, 1.165) is 36.1 Å². The monoisotopic (exact) mass is 299 g/mol. The number of hydrogen-bond donors (Lipinski definition) is 4. The molecule has 0 radical (unpaired) electrons. The molecule has 1 unspecified atom stereocenters. The number of carbonyl (C=O) groups excluding carboxylic acids is 1. The Kier molecular flexibility index (Phi) is 4.15. The summed E-state index contributed by atoms with van der Waals surface area (Å²) in [7, 11) is 0. The van der Waals surface area contributed by atoms with Crippen molar-refractivity contribution < 1.29 is 9.69 Å². The molecular formula is C17H23N4O+. The van der Waals surface area contributed by atoms with Gasteiger partial charge in [-0.05, 0) is 26.0 Å². The molecule has 1 aliphatic heterocycles. The maximum atomic E-state index is 12.3. The lowest BCUT2D eigenvalue weighted by molar-refractivity contribution is -0.917. The van der Waals surface area contributed by atoms with Crippen molar-refractivity contribution in [2.45, 2.75) is 26.3 Å². The van der Waals surface area contributed by atoms with Crippen LogP contribution in [0.5, 0.6) is 0 Å². The van der Waals surface area contributed by atoms with Crippen molar-refractivity contribution >= 4 is 16.8 Å². The highest BCUT2D eigenvalue weighted by atomic mass is 16.2. The van der Waals surface area contributed by atoms with Gasteiger partial charge in [0.15, 0.2) is 0 Å². The summed E-state index contributed by atoms with van der Waals surface area (Å²) in [4.78, 5) is 17.0. The SMILES string of the molecule is CC(C)[NH+]1CC=C(NNC(=O)c2c[nH]c3ccccc23)CC1. The Bertz CT molecular complexity index is 702. The van der Waals surface area contributed by atoms with Crippen molar-refractivity contribution in [2.75, 3.05) is 13.1 Å². The number of benzene rings is 1. The van der Waals surface area contributed by atoms with E-state index in [1.165, 1.54) is 0 Å². The molecule has 2 heterocycles. The molecule has 0 saturated heterocycles. The summed E-state index contributed by atoms with van der Waals surface area (Å²) < 4.78 is 0. The quantitative estimate of drug-likeness (QED) is 0.636. The zero-order chi connectivity index (χ0) is 15.5. The van der Waals surface area contributed by atoms with Crippen LogP contribution in [0.15, 0.2) is 42.2 Å². The van der Waals surface area contributed by atoms with E-state index in [4.69, 9.17) is 0 Å². The summed E-state index contributed by atoms with van der Waals surface area (Å²) in [6.07, 6.45) is 4.89. The van der Waals surface area contributed by atoms with Crippen molar-refractivity contribution in [3.05, 3.63) is 47.8 Å². The van der Waals surface area contributed by atoms with Crippen LogP contribution in [0.2, 0.25) is 0 Å². The van der Waals surface area contributed by atoms with Crippen molar-refractivity contribution in [1.29, 1.82) is 0 Å². The summed E-state index contributed by atoms with van der Waals surface area (Å²) in [5.41, 5.74) is 8.60. The zero-order valence-corrected chi connectivity index (χ0v) is 13.1. The predicted octanol–water partition coefficient (Wildman–Crippen LogP) is 0.983. The Labute approximate surface area is 130 Å². The molecular weight excluding hydrogens is 276 g/mol. The number of para-hydroxylation sites is 1. The smallest absolute Gasteiger partial charge is 0.271 e. The number of H-pyrrole nitrogens is 1. The van der Waals surface area contributed by atoms with Gasteiger partial charge in [0.05, 0.1) is 24.7 Å². The highest BCUT2D eigenvalue weighted by Gasteiger charge is 2.18. The topological polar surface area (TPSA) is 61.4 Å². The van der Waals surface area contributed by atoms with Gasteiger partial charge in [0.2, 0.25) is 0 Å². The number of hydrazine groups is 1. The maximum Gasteiger partial charge on any atom is 0.271 e. The van der Waals surface area contributed by atoms with Crippen molar-refractivity contribution in [3.63, 3.8) is 0 Å². The van der Waals surface area contributed by atoms with Gasteiger partial charge in [-0.3, -0.25) is 10.2 Å². The second-order valence-corrected chi connectivity index (χ2v) is 6.07. The number of carbonyl (C=O) groups is 1. The number of nitrogens with one attached hydrogen (secondary N) is 4. The van der Waals surface area contributed by atoms with Crippen molar-refractivity contribution in [3.8, 4) is 0 Å². The summed E-state index contributed by atoms with van der Waals surface area (Å²) in [6.45, 7) is 6.57. The lowest BCUT2D eigenvalue weighted by Gasteiger charge is -2.27. The average Bonchev–Trinajstić information content (AvgIpc) is 2.97. The number of fused-ring (bicyclic) bond motifs is 1. The molecule has 0 saturated carbocycles. The molecule has 5 nitrogen and oxygen atoms in total. The molecule has 22 heavy (non-hydrogen) atoms. The number of aromatic amines is 1. The van der Waals surface area contributed by atoms with E-state index in [-0.39, 0.29) is 5.91 Å². The van der Waals surface area contributed by atoms with Crippen LogP contribution in [0.4, 0.5) is 0 Å². The van der Waals surface area contributed by atoms with E-state index in [0.29, 0.717) is 11.6 Å². The van der Waals surface area contributed by atoms with Crippen LogP contribution < -0.4 is 15.8 Å². The number of rotatable bonds is 4. The van der Waals surface area contributed by atoms with E-state index in [9.17, 15) is 4.79 Å². The summed E-state index contributed by atoms with van der Waals surface area (Å²) >= 11 is 0. The van der Waals surface area contributed by atoms with Gasteiger partial charge in [-0.25, -0.2) is 0 Å². The summed E-state index contributed by atoms with van der Waals surface area (Å²) in [5, 5.41) is 0.940. The van der Waals surface area contributed by atoms with Gasteiger partial charge in [-0.2, -0.15) is 0 Å². The van der Waals surface area contributed by atoms with Crippen LogP contribution in [0, 0.1) is 0 Å². The Balaban J connectivity index is 1.61. The highest BCUT2D eigenvalue weighted by Crippen LogP contribution is 2.17. The van der Waals surface area contributed by atoms with E-state index in [2.05, 4.69) is 35.8 Å². The third-order valence-electron chi connectivity index (χ3n) is 4.31. The van der Waals surface area contributed by atoms with Gasteiger partial charge >= 0.3 is 0 Å². The minimum atomic E-state index is -0.114. The molecule has 116 valence electrons. The molecule has 1 atom stereocenters. The Morgan fingerprint density at radius 3 is 2.86 bits per heavy atom. The molecule has 0 aliphatic carbocycles. The minimum Gasteiger partial charge on any atom is -0.360 e. The fourth-order valence-electron chi connectivity index (χ4n) is 2.86. The molecule has 0 fully saturated rings. The molecule has 1 amide bonds. The number of amides is 1. The third-order valence-corrected chi connectivity index (χ3v) is 4.31. The van der Waals surface area contributed by atoms with Crippen LogP contribution in [0.3, 0.4) is 0 Å². The Morgan fingerprint density at radius 1 is 1.32 bits per heavy atom. The standard InChI is InChI=1S/C17H22N4O/c1-12(2)21-9-7-13(8-10-21)19-20-17(22)15-11-18-16-6-4-3-5-14(15)16/h3-7,11-12,18-19H,8-10H2,1-2H3,(H,20,22)/p+1. The predicted molar refractivity (Wildman–Crippen MR) is 87.4 cm³/mol. The van der Waals surface area contributed by atoms with Gasteiger partial charge in [-0.15, -0.1) is 0 Å². The molecule has 0 bridgehead atoms. The van der Waals surface area contributed by atoms with Gasteiger partial charge in [0.25, 0.3) is 5.91 Å². The molecule has 3 rings (SSSR count). The lowest BCUT2D eigenvalue weighted by Crippen LogP contribution is -3.15. The second-order valence-electron chi connectivity index (χ2n) is 6.07. The normalized spacial score (nSPS) is 18.3. The zero-order valence-electron chi connectivity index (χ0n) is 13.1. The fraction of sp³-hybridized carbons (Fsp3) is 0.353. The molecule has 1 aromatic heterocycles. The lowest BCUT2D eigenvalue weighted by atomic mass is 10.1. The van der Waals surface area contributed by atoms with E-state index >= 15 is 0 Å². The summed E-state index contributed by atoms with van der Waals surface area (Å²) in [5.74, 6) is -0.114. The number of aromatic nitrogens is 1. The van der Waals surface area contributed by atoms with Crippen LogP contribution in [0.25, 0.3) is 10.9 Å². The first kappa shape index (κ1) is 14.7. The first-order chi connectivity index (χ1) is 10.6. The Morgan fingerprint density at radius 2 is 2.14 bits per heavy atom. The van der Waals surface area contributed by atoms with Gasteiger partial charge in [0, 0.05) is 29.2 Å². The van der Waals surface area contributed by atoms with Crippen LogP contribution in [-0.2, 0) is 0 Å². The minimum absolute atomic E-state index is 0.114. The van der Waals surface area contributed by atoms with Crippen LogP contribution in [0.1, 0.15) is 30.6 Å². The van der Waals surface area contributed by atoms with E-state index in [1.54, 1.807) is 11.1 Å². The van der Waals surface area contributed by atoms with Crippen molar-refractivity contribution in [1.82, 2.24) is 15.8 Å². The molecule has 1 aliphatic rings. The van der Waals surface area contributed by atoms with Crippen LogP contribution >= 0.6 is 0 Å². The third kappa shape index (κ3) is 2.99. The molecule has 2 aromatic rings. The first-order valence-corrected chi connectivity index (χ1v) is 7.81. The summed E-state index contributed by atoms with van der Waals surface area (Å²) in [6, 6.07) is 8.44. The number of quaternary nitrogens is 1.